The molecule has 2 aromatic carbocycles. The van der Waals surface area contributed by atoms with Crippen molar-refractivity contribution in [1.82, 2.24) is 0 Å². The zero-order chi connectivity index (χ0) is 14.0. The molecular formula is C15H13ClFNO. The number of anilines is 1. The van der Waals surface area contributed by atoms with Crippen molar-refractivity contribution in [2.24, 2.45) is 0 Å². The summed E-state index contributed by atoms with van der Waals surface area (Å²) in [5.74, 6) is -0.773. The maximum absolute atomic E-state index is 13.3. The minimum atomic E-state index is -0.583. The van der Waals surface area contributed by atoms with E-state index >= 15 is 0 Å². The van der Waals surface area contributed by atoms with Crippen LogP contribution in [0.15, 0.2) is 36.4 Å². The molecule has 2 rings (SSSR count). The number of benzene rings is 2. The lowest BCUT2D eigenvalue weighted by Gasteiger charge is -2.06. The Bertz CT molecular complexity index is 640. The van der Waals surface area contributed by atoms with E-state index in [0.29, 0.717) is 10.6 Å². The Balaban J connectivity index is 2.23. The number of carbonyl (C=O) groups excluding carboxylic acids is 1. The summed E-state index contributed by atoms with van der Waals surface area (Å²) in [6.45, 7) is 1.92. The number of nitrogens with two attached hydrogens (primary N) is 1. The summed E-state index contributed by atoms with van der Waals surface area (Å²) in [4.78, 5) is 12.0. The second-order valence-electron chi connectivity index (χ2n) is 4.43. The number of Topliss-reactive ketones (excluding diaryl/α,β-unsaturated/α-hetero) is 1. The van der Waals surface area contributed by atoms with Crippen molar-refractivity contribution in [3.8, 4) is 0 Å². The Kier molecular flexibility index (Phi) is 3.86. The lowest BCUT2D eigenvalue weighted by atomic mass is 10.0. The SMILES string of the molecule is Cc1ccc(CC(=O)c2ccc(N)c(F)c2)c(Cl)c1. The first-order valence-electron chi connectivity index (χ1n) is 5.80. The third-order valence-corrected chi connectivity index (χ3v) is 3.23. The van der Waals surface area contributed by atoms with Crippen molar-refractivity contribution in [2.45, 2.75) is 13.3 Å². The average molecular weight is 278 g/mol. The van der Waals surface area contributed by atoms with Gasteiger partial charge in [-0.15, -0.1) is 0 Å². The maximum atomic E-state index is 13.3. The number of carbonyl (C=O) groups is 1. The quantitative estimate of drug-likeness (QED) is 0.685. The van der Waals surface area contributed by atoms with Crippen molar-refractivity contribution in [1.29, 1.82) is 0 Å². The van der Waals surface area contributed by atoms with Gasteiger partial charge in [-0.1, -0.05) is 23.7 Å². The van der Waals surface area contributed by atoms with Gasteiger partial charge in [-0.2, -0.15) is 0 Å². The normalized spacial score (nSPS) is 10.5. The first kappa shape index (κ1) is 13.6. The lowest BCUT2D eigenvalue weighted by molar-refractivity contribution is 0.0992. The fourth-order valence-corrected chi connectivity index (χ4v) is 2.07. The number of halogens is 2. The van der Waals surface area contributed by atoms with Crippen LogP contribution in [0.4, 0.5) is 10.1 Å². The van der Waals surface area contributed by atoms with Crippen LogP contribution in [0.2, 0.25) is 5.02 Å². The highest BCUT2D eigenvalue weighted by atomic mass is 35.5. The molecular weight excluding hydrogens is 265 g/mol. The lowest BCUT2D eigenvalue weighted by Crippen LogP contribution is -2.05. The summed E-state index contributed by atoms with van der Waals surface area (Å²) < 4.78 is 13.3. The molecule has 2 nitrogen and oxygen atoms in total. The molecule has 0 unspecified atom stereocenters. The highest BCUT2D eigenvalue weighted by Crippen LogP contribution is 2.20. The first-order valence-corrected chi connectivity index (χ1v) is 6.18. The Hall–Kier alpha value is -1.87. The van der Waals surface area contributed by atoms with Gasteiger partial charge in [0.15, 0.2) is 5.78 Å². The molecule has 0 spiro atoms. The molecule has 0 aliphatic carbocycles. The molecule has 2 N–H and O–H groups in total. The largest absolute Gasteiger partial charge is 0.396 e. The van der Waals surface area contributed by atoms with Crippen molar-refractivity contribution >= 4 is 23.1 Å². The van der Waals surface area contributed by atoms with E-state index in [1.807, 2.05) is 19.1 Å². The van der Waals surface area contributed by atoms with Gasteiger partial charge >= 0.3 is 0 Å². The molecule has 0 heterocycles. The molecule has 0 aliphatic rings. The molecule has 2 aromatic rings. The molecule has 19 heavy (non-hydrogen) atoms. The molecule has 0 radical (unpaired) electrons. The van der Waals surface area contributed by atoms with Crippen LogP contribution in [0, 0.1) is 12.7 Å². The molecule has 98 valence electrons. The van der Waals surface area contributed by atoms with E-state index < -0.39 is 5.82 Å². The van der Waals surface area contributed by atoms with Gasteiger partial charge in [-0.05, 0) is 42.3 Å². The van der Waals surface area contributed by atoms with E-state index in [1.165, 1.54) is 12.1 Å². The summed E-state index contributed by atoms with van der Waals surface area (Å²) in [5, 5.41) is 0.546. The summed E-state index contributed by atoms with van der Waals surface area (Å²) in [6.07, 6.45) is 0.141. The number of hydrogen-bond donors (Lipinski definition) is 1. The van der Waals surface area contributed by atoms with Gasteiger partial charge in [-0.3, -0.25) is 4.79 Å². The van der Waals surface area contributed by atoms with Gasteiger partial charge in [0.2, 0.25) is 0 Å². The number of ketones is 1. The van der Waals surface area contributed by atoms with Crippen LogP contribution in [0.1, 0.15) is 21.5 Å². The van der Waals surface area contributed by atoms with Gasteiger partial charge in [0, 0.05) is 17.0 Å². The van der Waals surface area contributed by atoms with Gasteiger partial charge < -0.3 is 5.73 Å². The Morgan fingerprint density at radius 3 is 2.63 bits per heavy atom. The van der Waals surface area contributed by atoms with E-state index in [2.05, 4.69) is 0 Å². The fraction of sp³-hybridized carbons (Fsp3) is 0.133. The minimum Gasteiger partial charge on any atom is -0.396 e. The van der Waals surface area contributed by atoms with Crippen LogP contribution >= 0.6 is 11.6 Å². The van der Waals surface area contributed by atoms with Crippen LogP contribution in [0.25, 0.3) is 0 Å². The molecule has 0 atom stereocenters. The van der Waals surface area contributed by atoms with E-state index in [4.69, 9.17) is 17.3 Å². The van der Waals surface area contributed by atoms with Crippen LogP contribution in [0.3, 0.4) is 0 Å². The molecule has 4 heteroatoms. The van der Waals surface area contributed by atoms with Gasteiger partial charge in [0.05, 0.1) is 5.69 Å². The Morgan fingerprint density at radius 2 is 2.00 bits per heavy atom. The van der Waals surface area contributed by atoms with Gasteiger partial charge in [0.1, 0.15) is 5.82 Å². The standard InChI is InChI=1S/C15H13ClFNO/c1-9-2-3-10(12(16)6-9)8-15(19)11-4-5-14(18)13(17)7-11/h2-7H,8,18H2,1H3. The van der Waals surface area contributed by atoms with E-state index in [0.717, 1.165) is 17.2 Å². The predicted molar refractivity (Wildman–Crippen MR) is 75.0 cm³/mol. The van der Waals surface area contributed by atoms with Gasteiger partial charge in [-0.25, -0.2) is 4.39 Å². The second-order valence-corrected chi connectivity index (χ2v) is 4.84. The van der Waals surface area contributed by atoms with E-state index in [9.17, 15) is 9.18 Å². The summed E-state index contributed by atoms with van der Waals surface area (Å²) in [7, 11) is 0. The Morgan fingerprint density at radius 1 is 1.26 bits per heavy atom. The third-order valence-electron chi connectivity index (χ3n) is 2.88. The van der Waals surface area contributed by atoms with Crippen LogP contribution in [-0.2, 0) is 6.42 Å². The first-order chi connectivity index (χ1) is 8.97. The summed E-state index contributed by atoms with van der Waals surface area (Å²) >= 11 is 6.07. The minimum absolute atomic E-state index is 0.0323. The van der Waals surface area contributed by atoms with Crippen LogP contribution in [0.5, 0.6) is 0 Å². The number of nitrogen functional groups attached to an aromatic ring is 1. The average Bonchev–Trinajstić information content (AvgIpc) is 2.36. The number of aryl methyl sites for hydroxylation is 1. The number of rotatable bonds is 3. The smallest absolute Gasteiger partial charge is 0.167 e. The van der Waals surface area contributed by atoms with Crippen molar-refractivity contribution < 1.29 is 9.18 Å². The molecule has 0 saturated heterocycles. The fourth-order valence-electron chi connectivity index (χ4n) is 1.77. The second kappa shape index (κ2) is 5.41. The highest BCUT2D eigenvalue weighted by Gasteiger charge is 2.11. The maximum Gasteiger partial charge on any atom is 0.167 e. The Labute approximate surface area is 116 Å². The molecule has 0 saturated carbocycles. The molecule has 0 bridgehead atoms. The number of hydrogen-bond acceptors (Lipinski definition) is 2. The zero-order valence-electron chi connectivity index (χ0n) is 10.4. The van der Waals surface area contributed by atoms with Crippen molar-refractivity contribution in [3.63, 3.8) is 0 Å². The van der Waals surface area contributed by atoms with Gasteiger partial charge in [0.25, 0.3) is 0 Å². The summed E-state index contributed by atoms with van der Waals surface area (Å²) in [6, 6.07) is 9.55. The highest BCUT2D eigenvalue weighted by molar-refractivity contribution is 6.31. The summed E-state index contributed by atoms with van der Waals surface area (Å²) in [5.41, 5.74) is 7.46. The van der Waals surface area contributed by atoms with Crippen LogP contribution in [-0.4, -0.2) is 5.78 Å². The van der Waals surface area contributed by atoms with Crippen molar-refractivity contribution in [3.05, 3.63) is 63.9 Å². The van der Waals surface area contributed by atoms with E-state index in [1.54, 1.807) is 6.07 Å². The van der Waals surface area contributed by atoms with Crippen LogP contribution < -0.4 is 5.73 Å². The monoisotopic (exact) mass is 277 g/mol. The topological polar surface area (TPSA) is 43.1 Å². The molecule has 0 aromatic heterocycles. The zero-order valence-corrected chi connectivity index (χ0v) is 11.2. The third kappa shape index (κ3) is 3.12. The predicted octanol–water partition coefficient (Wildman–Crippen LogP) is 3.80. The molecule has 0 aliphatic heterocycles. The van der Waals surface area contributed by atoms with Crippen molar-refractivity contribution in [2.75, 3.05) is 5.73 Å². The molecule has 0 fully saturated rings. The van der Waals surface area contributed by atoms with E-state index in [-0.39, 0.29) is 17.9 Å². The molecule has 0 amide bonds.